The number of nitrogens with one attached hydrogen (secondary N) is 1. The van der Waals surface area contributed by atoms with Crippen molar-refractivity contribution in [1.29, 1.82) is 0 Å². The fourth-order valence-electron chi connectivity index (χ4n) is 2.74. The van der Waals surface area contributed by atoms with E-state index >= 15 is 0 Å². The fourth-order valence-corrected chi connectivity index (χ4v) is 4.28. The molecule has 1 saturated carbocycles. The minimum absolute atomic E-state index is 0.221. The summed E-state index contributed by atoms with van der Waals surface area (Å²) in [5.41, 5.74) is 5.48. The third-order valence-corrected chi connectivity index (χ3v) is 5.67. The Morgan fingerprint density at radius 1 is 1.33 bits per heavy atom. The predicted octanol–water partition coefficient (Wildman–Crippen LogP) is 1.69. The Kier molecular flexibility index (Phi) is 4.55. The first-order valence-corrected chi connectivity index (χ1v) is 8.48. The maximum atomic E-state index is 14.0. The van der Waals surface area contributed by atoms with Crippen molar-refractivity contribution in [3.05, 3.63) is 23.5 Å². The van der Waals surface area contributed by atoms with E-state index in [0.29, 0.717) is 18.4 Å². The summed E-state index contributed by atoms with van der Waals surface area (Å²) in [4.78, 5) is -0.469. The van der Waals surface area contributed by atoms with E-state index in [1.54, 1.807) is 6.92 Å². The van der Waals surface area contributed by atoms with Crippen LogP contribution in [0.5, 0.6) is 0 Å². The van der Waals surface area contributed by atoms with Crippen molar-refractivity contribution in [3.8, 4) is 0 Å². The van der Waals surface area contributed by atoms with E-state index in [9.17, 15) is 17.9 Å². The van der Waals surface area contributed by atoms with Gasteiger partial charge in [-0.05, 0) is 37.5 Å². The molecule has 2 rings (SSSR count). The highest BCUT2D eigenvalue weighted by atomic mass is 32.2. The van der Waals surface area contributed by atoms with E-state index in [1.807, 2.05) is 0 Å². The van der Waals surface area contributed by atoms with Crippen molar-refractivity contribution in [2.45, 2.75) is 49.5 Å². The zero-order valence-corrected chi connectivity index (χ0v) is 12.8. The van der Waals surface area contributed by atoms with Crippen LogP contribution in [0.25, 0.3) is 0 Å². The van der Waals surface area contributed by atoms with Crippen molar-refractivity contribution < 1.29 is 17.9 Å². The highest BCUT2D eigenvalue weighted by molar-refractivity contribution is 7.89. The second-order valence-electron chi connectivity index (χ2n) is 5.74. The van der Waals surface area contributed by atoms with Gasteiger partial charge in [-0.25, -0.2) is 17.5 Å². The lowest BCUT2D eigenvalue weighted by molar-refractivity contribution is 0.142. The molecule has 0 atom stereocenters. The molecule has 1 fully saturated rings. The molecule has 1 aromatic rings. The number of benzene rings is 1. The van der Waals surface area contributed by atoms with Crippen LogP contribution in [0.3, 0.4) is 0 Å². The molecule has 0 unspecified atom stereocenters. The molecular formula is C14H21FN2O3S. The number of sulfonamides is 1. The number of hydrogen-bond donors (Lipinski definition) is 3. The molecular weight excluding hydrogens is 295 g/mol. The van der Waals surface area contributed by atoms with Gasteiger partial charge in [0.1, 0.15) is 10.7 Å². The summed E-state index contributed by atoms with van der Waals surface area (Å²) < 4.78 is 41.3. The molecule has 4 N–H and O–H groups in total. The third kappa shape index (κ3) is 3.36. The van der Waals surface area contributed by atoms with Crippen LogP contribution in [-0.2, 0) is 10.0 Å². The lowest BCUT2D eigenvalue weighted by Crippen LogP contribution is -2.52. The molecule has 0 saturated heterocycles. The molecule has 0 aromatic heterocycles. The van der Waals surface area contributed by atoms with E-state index in [-0.39, 0.29) is 12.3 Å². The summed E-state index contributed by atoms with van der Waals surface area (Å²) in [5, 5.41) is 9.57. The van der Waals surface area contributed by atoms with Gasteiger partial charge >= 0.3 is 0 Å². The highest BCUT2D eigenvalue weighted by Gasteiger charge is 2.37. The standard InChI is InChI=1S/C14H21FN2O3S/c1-10-7-11(15)13(8-12(10)16)21(19,20)17-14(9-18)5-3-2-4-6-14/h7-8,17-18H,2-6,9,16H2,1H3. The predicted molar refractivity (Wildman–Crippen MR) is 78.8 cm³/mol. The monoisotopic (exact) mass is 316 g/mol. The first kappa shape index (κ1) is 16.2. The van der Waals surface area contributed by atoms with Crippen LogP contribution >= 0.6 is 0 Å². The Balaban J connectivity index is 2.36. The fraction of sp³-hybridized carbons (Fsp3) is 0.571. The van der Waals surface area contributed by atoms with Gasteiger partial charge in [-0.15, -0.1) is 0 Å². The average molecular weight is 316 g/mol. The maximum absolute atomic E-state index is 14.0. The van der Waals surface area contributed by atoms with Crippen molar-refractivity contribution in [2.75, 3.05) is 12.3 Å². The van der Waals surface area contributed by atoms with E-state index in [1.165, 1.54) is 0 Å². The Labute approximate surface area is 124 Å². The zero-order chi connectivity index (χ0) is 15.7. The van der Waals surface area contributed by atoms with Crippen molar-refractivity contribution in [3.63, 3.8) is 0 Å². The summed E-state index contributed by atoms with van der Waals surface area (Å²) in [6.45, 7) is 1.31. The molecule has 7 heteroatoms. The van der Waals surface area contributed by atoms with Crippen molar-refractivity contribution >= 4 is 15.7 Å². The lowest BCUT2D eigenvalue weighted by Gasteiger charge is -2.36. The molecule has 0 radical (unpaired) electrons. The van der Waals surface area contributed by atoms with Gasteiger partial charge in [-0.2, -0.15) is 0 Å². The van der Waals surface area contributed by atoms with Gasteiger partial charge < -0.3 is 10.8 Å². The number of aryl methyl sites for hydroxylation is 1. The van der Waals surface area contributed by atoms with Gasteiger partial charge in [0.2, 0.25) is 10.0 Å². The number of rotatable bonds is 4. The smallest absolute Gasteiger partial charge is 0.244 e. The van der Waals surface area contributed by atoms with Gasteiger partial charge in [0.25, 0.3) is 0 Å². The number of aliphatic hydroxyl groups is 1. The molecule has 0 aliphatic heterocycles. The number of hydrogen-bond acceptors (Lipinski definition) is 4. The molecule has 0 spiro atoms. The topological polar surface area (TPSA) is 92.4 Å². The highest BCUT2D eigenvalue weighted by Crippen LogP contribution is 2.30. The molecule has 0 heterocycles. The third-order valence-electron chi connectivity index (χ3n) is 4.07. The minimum Gasteiger partial charge on any atom is -0.398 e. The second kappa shape index (κ2) is 5.90. The molecule has 0 amide bonds. The van der Waals surface area contributed by atoms with Crippen molar-refractivity contribution in [2.24, 2.45) is 0 Å². The number of anilines is 1. The van der Waals surface area contributed by atoms with Gasteiger partial charge in [-0.3, -0.25) is 0 Å². The Hall–Kier alpha value is -1.18. The van der Waals surface area contributed by atoms with Crippen LogP contribution in [-0.4, -0.2) is 25.7 Å². The van der Waals surface area contributed by atoms with Gasteiger partial charge in [0.15, 0.2) is 0 Å². The van der Waals surface area contributed by atoms with Gasteiger partial charge in [0.05, 0.1) is 12.1 Å². The zero-order valence-electron chi connectivity index (χ0n) is 12.0. The first-order chi connectivity index (χ1) is 9.80. The average Bonchev–Trinajstić information content (AvgIpc) is 2.43. The van der Waals surface area contributed by atoms with Crippen LogP contribution in [0.2, 0.25) is 0 Å². The van der Waals surface area contributed by atoms with Crippen LogP contribution in [0.15, 0.2) is 17.0 Å². The number of nitrogen functional groups attached to an aromatic ring is 1. The molecule has 0 bridgehead atoms. The van der Waals surface area contributed by atoms with Crippen LogP contribution < -0.4 is 10.5 Å². The van der Waals surface area contributed by atoms with Crippen LogP contribution in [0, 0.1) is 12.7 Å². The molecule has 5 nitrogen and oxygen atoms in total. The lowest BCUT2D eigenvalue weighted by atomic mass is 9.83. The van der Waals surface area contributed by atoms with E-state index in [4.69, 9.17) is 5.73 Å². The largest absolute Gasteiger partial charge is 0.398 e. The van der Waals surface area contributed by atoms with Gasteiger partial charge in [-0.1, -0.05) is 19.3 Å². The first-order valence-electron chi connectivity index (χ1n) is 7.00. The number of halogens is 1. The Morgan fingerprint density at radius 2 is 1.95 bits per heavy atom. The second-order valence-corrected chi connectivity index (χ2v) is 7.39. The summed E-state index contributed by atoms with van der Waals surface area (Å²) in [7, 11) is -4.07. The van der Waals surface area contributed by atoms with Gasteiger partial charge in [0, 0.05) is 5.69 Å². The Morgan fingerprint density at radius 3 is 2.52 bits per heavy atom. The normalized spacial score (nSPS) is 18.6. The SMILES string of the molecule is Cc1cc(F)c(S(=O)(=O)NC2(CO)CCCCC2)cc1N. The summed E-state index contributed by atoms with van der Waals surface area (Å²) >= 11 is 0. The van der Waals surface area contributed by atoms with Crippen molar-refractivity contribution in [1.82, 2.24) is 4.72 Å². The molecule has 118 valence electrons. The quantitative estimate of drug-likeness (QED) is 0.737. The maximum Gasteiger partial charge on any atom is 0.244 e. The molecule has 1 aliphatic carbocycles. The van der Waals surface area contributed by atoms with Crippen LogP contribution in [0.4, 0.5) is 10.1 Å². The number of nitrogens with two attached hydrogens (primary N) is 1. The number of aliphatic hydroxyl groups excluding tert-OH is 1. The minimum atomic E-state index is -4.07. The van der Waals surface area contributed by atoms with E-state index in [0.717, 1.165) is 31.4 Å². The van der Waals surface area contributed by atoms with E-state index < -0.39 is 26.3 Å². The molecule has 1 aliphatic rings. The summed E-state index contributed by atoms with van der Waals surface area (Å²) in [5.74, 6) is -0.835. The van der Waals surface area contributed by atoms with E-state index in [2.05, 4.69) is 4.72 Å². The Bertz CT molecular complexity index is 625. The summed E-state index contributed by atoms with van der Waals surface area (Å²) in [6, 6.07) is 2.23. The van der Waals surface area contributed by atoms with Crippen LogP contribution in [0.1, 0.15) is 37.7 Å². The molecule has 1 aromatic carbocycles. The molecule has 21 heavy (non-hydrogen) atoms. The summed E-state index contributed by atoms with van der Waals surface area (Å²) in [6.07, 6.45) is 3.77.